The standard InChI is InChI=1S/C18H36N3O5P.H2O/c1-12(2)16(19)18(24)21-13(3)17(23)20-9-15(22)11-27(25,26)10-14-7-5-4-6-8-14;/h12-16,22H,4-11,19H2,1-3H3,(H,20,23)(H,21,24)(H,25,26);1H2/t13-,15-,16-;/m0./s1. The molecule has 166 valence electrons. The largest absolute Gasteiger partial charge is 0.412 e. The molecule has 1 aliphatic carbocycles. The van der Waals surface area contributed by atoms with Crippen LogP contribution in [0.25, 0.3) is 0 Å². The van der Waals surface area contributed by atoms with Crippen LogP contribution in [0.15, 0.2) is 0 Å². The number of amides is 2. The summed E-state index contributed by atoms with van der Waals surface area (Å²) >= 11 is 0. The third-order valence-electron chi connectivity index (χ3n) is 5.05. The second-order valence-corrected chi connectivity index (χ2v) is 10.5. The van der Waals surface area contributed by atoms with Crippen LogP contribution in [0, 0.1) is 11.8 Å². The van der Waals surface area contributed by atoms with Crippen LogP contribution >= 0.6 is 7.37 Å². The minimum atomic E-state index is -3.44. The van der Waals surface area contributed by atoms with Crippen molar-refractivity contribution < 1.29 is 29.6 Å². The van der Waals surface area contributed by atoms with Crippen molar-refractivity contribution in [3.05, 3.63) is 0 Å². The van der Waals surface area contributed by atoms with Gasteiger partial charge in [0.25, 0.3) is 0 Å². The van der Waals surface area contributed by atoms with Gasteiger partial charge in [-0.2, -0.15) is 0 Å². The molecular weight excluding hydrogens is 385 g/mol. The smallest absolute Gasteiger partial charge is 0.242 e. The molecule has 9 nitrogen and oxygen atoms in total. The number of rotatable bonds is 10. The molecule has 10 heteroatoms. The minimum Gasteiger partial charge on any atom is -0.412 e. The van der Waals surface area contributed by atoms with Crippen LogP contribution in [-0.2, 0) is 14.2 Å². The third-order valence-corrected chi connectivity index (χ3v) is 7.13. The van der Waals surface area contributed by atoms with E-state index in [9.17, 15) is 24.2 Å². The maximum absolute atomic E-state index is 12.4. The predicted octanol–water partition coefficient (Wildman–Crippen LogP) is -0.0225. The molecule has 1 unspecified atom stereocenters. The van der Waals surface area contributed by atoms with E-state index in [0.29, 0.717) is 0 Å². The van der Waals surface area contributed by atoms with Gasteiger partial charge in [0.1, 0.15) is 6.04 Å². The molecule has 1 rings (SSSR count). The summed E-state index contributed by atoms with van der Waals surface area (Å²) < 4.78 is 12.4. The molecule has 1 aliphatic rings. The van der Waals surface area contributed by atoms with Crippen LogP contribution in [0.1, 0.15) is 52.9 Å². The van der Waals surface area contributed by atoms with E-state index in [-0.39, 0.29) is 36.2 Å². The minimum absolute atomic E-state index is 0. The molecule has 1 fully saturated rings. The van der Waals surface area contributed by atoms with E-state index in [2.05, 4.69) is 10.6 Å². The van der Waals surface area contributed by atoms with Gasteiger partial charge < -0.3 is 31.8 Å². The van der Waals surface area contributed by atoms with Crippen molar-refractivity contribution in [2.45, 2.75) is 71.1 Å². The number of carbonyl (C=O) groups is 2. The quantitative estimate of drug-likeness (QED) is 0.309. The predicted molar refractivity (Wildman–Crippen MR) is 109 cm³/mol. The summed E-state index contributed by atoms with van der Waals surface area (Å²) in [6, 6.07) is -1.51. The van der Waals surface area contributed by atoms with Crippen LogP contribution < -0.4 is 16.4 Å². The Morgan fingerprint density at radius 1 is 1.14 bits per heavy atom. The molecule has 0 aromatic rings. The number of hydrogen-bond acceptors (Lipinski definition) is 5. The first-order chi connectivity index (χ1) is 12.5. The molecule has 4 atom stereocenters. The number of aliphatic hydroxyl groups is 1. The molecule has 0 heterocycles. The Morgan fingerprint density at radius 3 is 2.25 bits per heavy atom. The maximum Gasteiger partial charge on any atom is 0.242 e. The molecule has 1 saturated carbocycles. The number of nitrogens with one attached hydrogen (secondary N) is 2. The van der Waals surface area contributed by atoms with E-state index in [1.807, 2.05) is 13.8 Å². The highest BCUT2D eigenvalue weighted by Crippen LogP contribution is 2.45. The molecular formula is C18H38N3O6P. The SMILES string of the molecule is CC(C)[C@H](N)C(=O)N[C@@H](C)C(=O)NC[C@H](O)CP(=O)(O)CC1CCCCC1.O. The van der Waals surface area contributed by atoms with Crippen LogP contribution in [0.3, 0.4) is 0 Å². The van der Waals surface area contributed by atoms with Crippen LogP contribution in [-0.4, -0.2) is 64.3 Å². The summed E-state index contributed by atoms with van der Waals surface area (Å²) in [6.45, 7) is 5.01. The number of hydrogen-bond donors (Lipinski definition) is 5. The molecule has 28 heavy (non-hydrogen) atoms. The van der Waals surface area contributed by atoms with Gasteiger partial charge in [-0.3, -0.25) is 14.2 Å². The Hall–Kier alpha value is -0.990. The normalized spacial score (nSPS) is 20.4. The summed E-state index contributed by atoms with van der Waals surface area (Å²) in [5.74, 6) is -0.694. The van der Waals surface area contributed by atoms with Crippen molar-refractivity contribution in [1.29, 1.82) is 0 Å². The van der Waals surface area contributed by atoms with Gasteiger partial charge in [-0.05, 0) is 31.6 Å². The van der Waals surface area contributed by atoms with Crippen molar-refractivity contribution in [2.75, 3.05) is 18.9 Å². The van der Waals surface area contributed by atoms with E-state index < -0.39 is 37.4 Å². The lowest BCUT2D eigenvalue weighted by Gasteiger charge is -2.25. The van der Waals surface area contributed by atoms with Gasteiger partial charge in [0.15, 0.2) is 0 Å². The van der Waals surface area contributed by atoms with Crippen LogP contribution in [0.2, 0.25) is 0 Å². The first kappa shape index (κ1) is 27.0. The highest BCUT2D eigenvalue weighted by molar-refractivity contribution is 7.58. The maximum atomic E-state index is 12.4. The van der Waals surface area contributed by atoms with Crippen molar-refractivity contribution in [3.63, 3.8) is 0 Å². The zero-order valence-electron chi connectivity index (χ0n) is 17.2. The first-order valence-corrected chi connectivity index (χ1v) is 11.9. The lowest BCUT2D eigenvalue weighted by molar-refractivity contribution is -0.129. The van der Waals surface area contributed by atoms with E-state index >= 15 is 0 Å². The number of carbonyl (C=O) groups excluding carboxylic acids is 2. The van der Waals surface area contributed by atoms with E-state index in [0.717, 1.165) is 25.7 Å². The fourth-order valence-corrected chi connectivity index (χ4v) is 5.40. The summed E-state index contributed by atoms with van der Waals surface area (Å²) in [4.78, 5) is 34.1. The average Bonchev–Trinajstić information content (AvgIpc) is 2.58. The fourth-order valence-electron chi connectivity index (χ4n) is 3.29. The fraction of sp³-hybridized carbons (Fsp3) is 0.889. The Kier molecular flexibility index (Phi) is 12.1. The summed E-state index contributed by atoms with van der Waals surface area (Å²) in [6.07, 6.45) is 4.19. The highest BCUT2D eigenvalue weighted by atomic mass is 31.2. The van der Waals surface area contributed by atoms with E-state index in [1.165, 1.54) is 13.3 Å². The molecule has 0 saturated heterocycles. The highest BCUT2D eigenvalue weighted by Gasteiger charge is 2.29. The molecule has 2 amide bonds. The van der Waals surface area contributed by atoms with Gasteiger partial charge in [-0.25, -0.2) is 0 Å². The molecule has 0 radical (unpaired) electrons. The molecule has 0 aromatic heterocycles. The summed E-state index contributed by atoms with van der Waals surface area (Å²) in [5, 5.41) is 15.1. The van der Waals surface area contributed by atoms with Gasteiger partial charge in [0, 0.05) is 12.7 Å². The zero-order chi connectivity index (χ0) is 20.6. The molecule has 8 N–H and O–H groups in total. The number of aliphatic hydroxyl groups excluding tert-OH is 1. The van der Waals surface area contributed by atoms with Crippen molar-refractivity contribution in [3.8, 4) is 0 Å². The second-order valence-electron chi connectivity index (χ2n) is 8.11. The van der Waals surface area contributed by atoms with Gasteiger partial charge in [-0.1, -0.05) is 33.1 Å². The monoisotopic (exact) mass is 423 g/mol. The van der Waals surface area contributed by atoms with Crippen LogP contribution in [0.5, 0.6) is 0 Å². The van der Waals surface area contributed by atoms with E-state index in [4.69, 9.17) is 5.73 Å². The van der Waals surface area contributed by atoms with Crippen molar-refractivity contribution >= 4 is 19.2 Å². The Bertz CT molecular complexity index is 539. The zero-order valence-corrected chi connectivity index (χ0v) is 18.1. The van der Waals surface area contributed by atoms with Crippen molar-refractivity contribution in [2.24, 2.45) is 17.6 Å². The van der Waals surface area contributed by atoms with Crippen molar-refractivity contribution in [1.82, 2.24) is 10.6 Å². The lowest BCUT2D eigenvalue weighted by Crippen LogP contribution is -2.52. The Morgan fingerprint density at radius 2 is 1.71 bits per heavy atom. The average molecular weight is 423 g/mol. The lowest BCUT2D eigenvalue weighted by atomic mass is 9.91. The molecule has 0 spiro atoms. The second kappa shape index (κ2) is 12.5. The van der Waals surface area contributed by atoms with E-state index in [1.54, 1.807) is 0 Å². The Balaban J connectivity index is 0.00000729. The van der Waals surface area contributed by atoms with Gasteiger partial charge in [0.2, 0.25) is 19.2 Å². The van der Waals surface area contributed by atoms with Gasteiger partial charge >= 0.3 is 0 Å². The molecule has 0 aromatic carbocycles. The third kappa shape index (κ3) is 9.98. The summed E-state index contributed by atoms with van der Waals surface area (Å²) in [7, 11) is -3.44. The molecule has 0 aliphatic heterocycles. The molecule has 0 bridgehead atoms. The topological polar surface area (TPSA) is 173 Å². The van der Waals surface area contributed by atoms with Gasteiger partial charge in [0.05, 0.1) is 18.3 Å². The van der Waals surface area contributed by atoms with Crippen LogP contribution in [0.4, 0.5) is 0 Å². The number of nitrogens with two attached hydrogens (primary N) is 1. The first-order valence-electron chi connectivity index (χ1n) is 9.84. The van der Waals surface area contributed by atoms with Gasteiger partial charge in [-0.15, -0.1) is 0 Å². The Labute approximate surface area is 167 Å². The summed E-state index contributed by atoms with van der Waals surface area (Å²) in [5.41, 5.74) is 5.73.